The van der Waals surface area contributed by atoms with Gasteiger partial charge in [-0.05, 0) is 23.3 Å². The lowest BCUT2D eigenvalue weighted by atomic mass is 9.91. The number of methoxy groups -OCH3 is 1. The Morgan fingerprint density at radius 2 is 1.17 bits per heavy atom. The van der Waals surface area contributed by atoms with Gasteiger partial charge in [0.15, 0.2) is 0 Å². The van der Waals surface area contributed by atoms with E-state index in [1.54, 1.807) is 0 Å². The molecule has 0 aromatic heterocycles. The Kier molecular flexibility index (Phi) is 10.2. The highest BCUT2D eigenvalue weighted by atomic mass is 32.3. The van der Waals surface area contributed by atoms with Crippen LogP contribution in [0.3, 0.4) is 0 Å². The molecular formula is C24H19F17O5S2. The van der Waals surface area contributed by atoms with Crippen molar-refractivity contribution >= 4 is 31.2 Å². The van der Waals surface area contributed by atoms with Gasteiger partial charge in [0, 0.05) is 23.5 Å². The van der Waals surface area contributed by atoms with E-state index in [0.29, 0.717) is 0 Å². The molecule has 1 fully saturated rings. The Balaban J connectivity index is 2.16. The Hall–Kier alpha value is -2.31. The van der Waals surface area contributed by atoms with Gasteiger partial charge in [-0.3, -0.25) is 0 Å². The predicted octanol–water partition coefficient (Wildman–Crippen LogP) is 8.62. The normalized spacial score (nSPS) is 22.6. The van der Waals surface area contributed by atoms with Gasteiger partial charge in [0.2, 0.25) is 0 Å². The van der Waals surface area contributed by atoms with Crippen LogP contribution < -0.4 is 0 Å². The molecule has 0 radical (unpaired) electrons. The van der Waals surface area contributed by atoms with Crippen LogP contribution in [0.2, 0.25) is 0 Å². The van der Waals surface area contributed by atoms with Crippen molar-refractivity contribution in [3.63, 3.8) is 0 Å². The lowest BCUT2D eigenvalue weighted by Crippen LogP contribution is -2.75. The van der Waals surface area contributed by atoms with Crippen molar-refractivity contribution in [3.05, 3.63) is 42.5 Å². The van der Waals surface area contributed by atoms with Crippen molar-refractivity contribution in [2.75, 3.05) is 25.4 Å². The Bertz CT molecular complexity index is 1590. The van der Waals surface area contributed by atoms with Crippen molar-refractivity contribution in [1.82, 2.24) is 0 Å². The lowest BCUT2D eigenvalue weighted by Gasteiger charge is -2.43. The summed E-state index contributed by atoms with van der Waals surface area (Å²) in [6.07, 6.45) is -9.44. The highest BCUT2D eigenvalue weighted by molar-refractivity contribution is 8.33. The van der Waals surface area contributed by atoms with Crippen LogP contribution in [-0.2, 0) is 23.2 Å². The van der Waals surface area contributed by atoms with Crippen LogP contribution in [0.4, 0.5) is 74.6 Å². The topological polar surface area (TPSA) is 61.8 Å². The average Bonchev–Trinajstić information content (AvgIpc) is 3.37. The van der Waals surface area contributed by atoms with Crippen LogP contribution in [0, 0.1) is 0 Å². The third-order valence-electron chi connectivity index (χ3n) is 7.02. The van der Waals surface area contributed by atoms with Gasteiger partial charge in [-0.2, -0.15) is 83.1 Å². The molecule has 2 atom stereocenters. The molecule has 276 valence electrons. The number of alkyl halides is 17. The highest BCUT2D eigenvalue weighted by Gasteiger charge is 2.96. The van der Waals surface area contributed by atoms with Gasteiger partial charge in [-0.15, -0.1) is 0 Å². The molecule has 2 aromatic rings. The largest absolute Gasteiger partial charge is 0.460 e. The van der Waals surface area contributed by atoms with Crippen molar-refractivity contribution in [3.8, 4) is 0 Å². The maximum atomic E-state index is 15.0. The number of benzene rings is 2. The summed E-state index contributed by atoms with van der Waals surface area (Å²) in [5, 5.41) is -7.57. The fourth-order valence-corrected chi connectivity index (χ4v) is 10.4. The van der Waals surface area contributed by atoms with Crippen LogP contribution in [0.25, 0.3) is 10.8 Å². The van der Waals surface area contributed by atoms with Gasteiger partial charge in [0.25, 0.3) is 0 Å². The third kappa shape index (κ3) is 5.75. The van der Waals surface area contributed by atoms with Gasteiger partial charge >= 0.3 is 57.1 Å². The molecule has 1 saturated heterocycles. The molecule has 1 aliphatic heterocycles. The van der Waals surface area contributed by atoms with Crippen LogP contribution in [0.1, 0.15) is 6.42 Å². The number of fused-ring (bicyclic) bond motifs is 1. The second-order valence-corrected chi connectivity index (χ2v) is 14.9. The summed E-state index contributed by atoms with van der Waals surface area (Å²) >= 11 is 0. The quantitative estimate of drug-likeness (QED) is 0.151. The molecule has 0 amide bonds. The second kappa shape index (κ2) is 12.2. The minimum absolute atomic E-state index is 0.00278. The SMILES string of the molecule is COCOC1CCS(OS(=O)(=O)C(F)(F)C(F)(F)C(F)(F)C(F)(F)C(F)(F)C(F)(F)C(F)(F)C(F)(F)F)(c2cccc3ccccc23)C1. The van der Waals surface area contributed by atoms with Crippen molar-refractivity contribution in [2.24, 2.45) is 0 Å². The van der Waals surface area contributed by atoms with Crippen LogP contribution in [0.5, 0.6) is 0 Å². The molecule has 5 nitrogen and oxygen atoms in total. The Labute approximate surface area is 259 Å². The van der Waals surface area contributed by atoms with Crippen molar-refractivity contribution < 1.29 is 96.2 Å². The average molecular weight is 775 g/mol. The number of rotatable bonds is 13. The minimum atomic E-state index is -8.94. The Morgan fingerprint density at radius 1 is 0.688 bits per heavy atom. The van der Waals surface area contributed by atoms with E-state index in [-0.39, 0.29) is 22.1 Å². The third-order valence-corrected chi connectivity index (χ3v) is 12.6. The molecule has 1 aliphatic rings. The number of halogens is 17. The zero-order chi connectivity index (χ0) is 37.2. The van der Waals surface area contributed by atoms with E-state index < -0.39 is 91.8 Å². The molecule has 1 heterocycles. The predicted molar refractivity (Wildman–Crippen MR) is 132 cm³/mol. The molecule has 3 rings (SSSR count). The first-order chi connectivity index (χ1) is 21.4. The Morgan fingerprint density at radius 3 is 1.69 bits per heavy atom. The van der Waals surface area contributed by atoms with E-state index in [1.165, 1.54) is 36.4 Å². The van der Waals surface area contributed by atoms with Gasteiger partial charge in [0.05, 0.1) is 6.10 Å². The summed E-state index contributed by atoms with van der Waals surface area (Å²) in [6, 6.07) is 8.91. The van der Waals surface area contributed by atoms with Crippen molar-refractivity contribution in [1.29, 1.82) is 0 Å². The van der Waals surface area contributed by atoms with Crippen LogP contribution in [-0.4, -0.2) is 86.9 Å². The summed E-state index contributed by atoms with van der Waals surface area (Å²) < 4.78 is 274. The molecule has 0 saturated carbocycles. The summed E-state index contributed by atoms with van der Waals surface area (Å²) in [5.41, 5.74) is 0. The van der Waals surface area contributed by atoms with Crippen LogP contribution >= 0.6 is 10.3 Å². The molecule has 0 bridgehead atoms. The van der Waals surface area contributed by atoms with E-state index >= 15 is 0 Å². The van der Waals surface area contributed by atoms with E-state index in [4.69, 9.17) is 4.74 Å². The maximum absolute atomic E-state index is 15.0. The number of ether oxygens (including phenoxy) is 2. The van der Waals surface area contributed by atoms with Crippen LogP contribution in [0.15, 0.2) is 47.4 Å². The molecule has 0 aliphatic carbocycles. The van der Waals surface area contributed by atoms with E-state index in [9.17, 15) is 83.1 Å². The number of hydrogen-bond donors (Lipinski definition) is 0. The zero-order valence-electron chi connectivity index (χ0n) is 23.2. The van der Waals surface area contributed by atoms with Gasteiger partial charge in [0.1, 0.15) is 6.79 Å². The fraction of sp³-hybridized carbons (Fsp3) is 0.583. The first-order valence-corrected chi connectivity index (χ1v) is 15.8. The molecule has 2 unspecified atom stereocenters. The number of hydrogen-bond acceptors (Lipinski definition) is 5. The first-order valence-electron chi connectivity index (χ1n) is 12.5. The maximum Gasteiger partial charge on any atom is 0.460 e. The van der Waals surface area contributed by atoms with Gasteiger partial charge in [-0.25, -0.2) is 3.63 Å². The molecule has 24 heteroatoms. The molecule has 2 aromatic carbocycles. The summed E-state index contributed by atoms with van der Waals surface area (Å²) in [6.45, 7) is -0.537. The van der Waals surface area contributed by atoms with E-state index in [1.807, 2.05) is 0 Å². The second-order valence-electron chi connectivity index (χ2n) is 10.1. The summed E-state index contributed by atoms with van der Waals surface area (Å²) in [5.74, 6) is -53.7. The molecule has 48 heavy (non-hydrogen) atoms. The minimum Gasteiger partial charge on any atom is -0.359 e. The fourth-order valence-electron chi connectivity index (χ4n) is 4.42. The van der Waals surface area contributed by atoms with Gasteiger partial charge in [-0.1, -0.05) is 46.7 Å². The standard InChI is InChI=1S/C24H19F17O5S2/c1-44-12-45-14-9-10-47(11-14,16-8-4-6-13-5-2-3-7-15(13)16)46-48(42,43)24(40,41)22(35,36)20(31,32)18(27,28)17(25,26)19(29,30)21(33,34)23(37,38)39/h2-8,14H,9-12H2,1H3. The summed E-state index contributed by atoms with van der Waals surface area (Å²) in [4.78, 5) is -0.343. The van der Waals surface area contributed by atoms with E-state index in [2.05, 4.69) is 8.37 Å². The molecule has 0 spiro atoms. The first kappa shape index (κ1) is 40.1. The van der Waals surface area contributed by atoms with Crippen molar-refractivity contribution in [2.45, 2.75) is 64.4 Å². The lowest BCUT2D eigenvalue weighted by molar-refractivity contribution is -0.458. The summed E-state index contributed by atoms with van der Waals surface area (Å²) in [7, 11) is -10.7. The zero-order valence-corrected chi connectivity index (χ0v) is 24.9. The highest BCUT2D eigenvalue weighted by Crippen LogP contribution is 2.68. The molecular weight excluding hydrogens is 755 g/mol. The smallest absolute Gasteiger partial charge is 0.359 e. The van der Waals surface area contributed by atoms with E-state index in [0.717, 1.165) is 13.2 Å². The monoisotopic (exact) mass is 774 g/mol. The van der Waals surface area contributed by atoms with Gasteiger partial charge < -0.3 is 9.47 Å². The molecule has 0 N–H and O–H groups in total.